The lowest BCUT2D eigenvalue weighted by molar-refractivity contribution is -0.139. The van der Waals surface area contributed by atoms with E-state index in [1.807, 2.05) is 31.2 Å². The first-order chi connectivity index (χ1) is 16.6. The number of hydrogen-bond acceptors (Lipinski definition) is 5. The molecule has 1 unspecified atom stereocenters. The summed E-state index contributed by atoms with van der Waals surface area (Å²) in [5, 5.41) is 3.06. The highest BCUT2D eigenvalue weighted by atomic mass is 32.2. The first-order valence-corrected chi connectivity index (χ1v) is 13.7. The minimum Gasteiger partial charge on any atom is -0.497 e. The van der Waals surface area contributed by atoms with Crippen LogP contribution in [-0.4, -0.2) is 57.1 Å². The summed E-state index contributed by atoms with van der Waals surface area (Å²) in [6, 6.07) is 13.6. The van der Waals surface area contributed by atoms with E-state index in [0.717, 1.165) is 47.4 Å². The van der Waals surface area contributed by atoms with E-state index in [2.05, 4.69) is 5.32 Å². The Morgan fingerprint density at radius 3 is 2.43 bits per heavy atom. The molecule has 2 aromatic carbocycles. The van der Waals surface area contributed by atoms with E-state index < -0.39 is 28.5 Å². The summed E-state index contributed by atoms with van der Waals surface area (Å²) in [4.78, 5) is 28.1. The second kappa shape index (κ2) is 11.6. The molecule has 2 aromatic rings. The van der Waals surface area contributed by atoms with Gasteiger partial charge in [0.2, 0.25) is 21.8 Å². The van der Waals surface area contributed by atoms with Crippen molar-refractivity contribution in [2.24, 2.45) is 0 Å². The molecule has 1 atom stereocenters. The Bertz CT molecular complexity index is 1150. The van der Waals surface area contributed by atoms with Crippen LogP contribution in [0, 0.1) is 6.92 Å². The van der Waals surface area contributed by atoms with Gasteiger partial charge in [0.15, 0.2) is 0 Å². The van der Waals surface area contributed by atoms with Crippen LogP contribution in [0.3, 0.4) is 0 Å². The summed E-state index contributed by atoms with van der Waals surface area (Å²) in [6.07, 6.45) is 5.08. The van der Waals surface area contributed by atoms with E-state index in [4.69, 9.17) is 4.74 Å². The van der Waals surface area contributed by atoms with Crippen LogP contribution < -0.4 is 14.4 Å². The number of amides is 2. The van der Waals surface area contributed by atoms with Crippen LogP contribution in [-0.2, 0) is 26.2 Å². The van der Waals surface area contributed by atoms with E-state index in [0.29, 0.717) is 11.4 Å². The van der Waals surface area contributed by atoms with Crippen molar-refractivity contribution in [1.82, 2.24) is 10.2 Å². The molecule has 0 aromatic heterocycles. The minimum absolute atomic E-state index is 0.116. The summed E-state index contributed by atoms with van der Waals surface area (Å²) < 4.78 is 31.6. The van der Waals surface area contributed by atoms with Gasteiger partial charge in [-0.25, -0.2) is 8.42 Å². The third-order valence-electron chi connectivity index (χ3n) is 6.32. The number of aryl methyl sites for hydroxylation is 1. The number of anilines is 1. The maximum absolute atomic E-state index is 13.6. The van der Waals surface area contributed by atoms with Crippen LogP contribution in [0.4, 0.5) is 5.69 Å². The number of nitrogens with one attached hydrogen (secondary N) is 1. The van der Waals surface area contributed by atoms with Crippen LogP contribution in [0.25, 0.3) is 0 Å². The first-order valence-electron chi connectivity index (χ1n) is 11.9. The Kier molecular flexibility index (Phi) is 8.77. The Hall–Kier alpha value is -3.07. The zero-order valence-corrected chi connectivity index (χ0v) is 21.7. The molecule has 1 aliphatic carbocycles. The lowest BCUT2D eigenvalue weighted by atomic mass is 10.1. The Morgan fingerprint density at radius 1 is 1.11 bits per heavy atom. The normalized spacial score (nSPS) is 14.9. The van der Waals surface area contributed by atoms with Crippen molar-refractivity contribution in [1.29, 1.82) is 0 Å². The summed E-state index contributed by atoms with van der Waals surface area (Å²) in [5.74, 6) is -0.219. The van der Waals surface area contributed by atoms with Crippen LogP contribution in [0.2, 0.25) is 0 Å². The minimum atomic E-state index is -3.79. The maximum atomic E-state index is 13.6. The lowest BCUT2D eigenvalue weighted by Crippen LogP contribution is -2.52. The largest absolute Gasteiger partial charge is 0.497 e. The molecule has 8 nitrogen and oxygen atoms in total. The standard InChI is InChI=1S/C26H35N3O5S/c1-19-9-7-10-21(15-19)17-28(20(2)26(31)27-22-11-5-6-12-22)25(30)18-29(35(4,32)33)23-13-8-14-24(16-23)34-3/h7-10,13-16,20,22H,5-6,11-12,17-18H2,1-4H3,(H,27,31). The predicted octanol–water partition coefficient (Wildman–Crippen LogP) is 3.25. The molecule has 0 bridgehead atoms. The van der Waals surface area contributed by atoms with Gasteiger partial charge in [-0.3, -0.25) is 13.9 Å². The van der Waals surface area contributed by atoms with Gasteiger partial charge in [0, 0.05) is 18.7 Å². The van der Waals surface area contributed by atoms with Crippen LogP contribution in [0.1, 0.15) is 43.7 Å². The lowest BCUT2D eigenvalue weighted by Gasteiger charge is -2.32. The molecule has 0 spiro atoms. The molecular weight excluding hydrogens is 466 g/mol. The highest BCUT2D eigenvalue weighted by Crippen LogP contribution is 2.24. The van der Waals surface area contributed by atoms with Gasteiger partial charge in [-0.2, -0.15) is 0 Å². The van der Waals surface area contributed by atoms with Gasteiger partial charge >= 0.3 is 0 Å². The predicted molar refractivity (Wildman–Crippen MR) is 137 cm³/mol. The van der Waals surface area contributed by atoms with E-state index in [1.54, 1.807) is 31.2 Å². The van der Waals surface area contributed by atoms with Crippen molar-refractivity contribution in [3.63, 3.8) is 0 Å². The monoisotopic (exact) mass is 501 g/mol. The maximum Gasteiger partial charge on any atom is 0.244 e. The number of benzene rings is 2. The average Bonchev–Trinajstić information content (AvgIpc) is 3.32. The second-order valence-corrected chi connectivity index (χ2v) is 11.1. The number of rotatable bonds is 10. The molecule has 0 radical (unpaired) electrons. The van der Waals surface area contributed by atoms with Crippen LogP contribution in [0.15, 0.2) is 48.5 Å². The molecule has 0 heterocycles. The zero-order valence-electron chi connectivity index (χ0n) is 20.9. The average molecular weight is 502 g/mol. The van der Waals surface area contributed by atoms with Crippen molar-refractivity contribution in [3.8, 4) is 5.75 Å². The van der Waals surface area contributed by atoms with Gasteiger partial charge in [0.1, 0.15) is 18.3 Å². The molecule has 1 N–H and O–H groups in total. The molecule has 35 heavy (non-hydrogen) atoms. The molecule has 2 amide bonds. The summed E-state index contributed by atoms with van der Waals surface area (Å²) in [5.41, 5.74) is 2.22. The fraction of sp³-hybridized carbons (Fsp3) is 0.462. The third kappa shape index (κ3) is 7.21. The molecule has 9 heteroatoms. The topological polar surface area (TPSA) is 96.0 Å². The summed E-state index contributed by atoms with van der Waals surface area (Å²) in [7, 11) is -2.30. The number of sulfonamides is 1. The Morgan fingerprint density at radius 2 is 1.80 bits per heavy atom. The van der Waals surface area contributed by atoms with Crippen molar-refractivity contribution in [3.05, 3.63) is 59.7 Å². The number of carbonyl (C=O) groups excluding carboxylic acids is 2. The number of nitrogens with zero attached hydrogens (tertiary/aromatic N) is 2. The van der Waals surface area contributed by atoms with Gasteiger partial charge in [-0.15, -0.1) is 0 Å². The van der Waals surface area contributed by atoms with Crippen molar-refractivity contribution >= 4 is 27.5 Å². The number of carbonyl (C=O) groups is 2. The first kappa shape index (κ1) is 26.5. The molecule has 0 aliphatic heterocycles. The van der Waals surface area contributed by atoms with Crippen LogP contribution >= 0.6 is 0 Å². The van der Waals surface area contributed by atoms with E-state index >= 15 is 0 Å². The van der Waals surface area contributed by atoms with Crippen molar-refractivity contribution < 1.29 is 22.7 Å². The SMILES string of the molecule is COc1cccc(N(CC(=O)N(Cc2cccc(C)c2)C(C)C(=O)NC2CCCC2)S(C)(=O)=O)c1. The van der Waals surface area contributed by atoms with Crippen molar-refractivity contribution in [2.75, 3.05) is 24.2 Å². The van der Waals surface area contributed by atoms with Crippen molar-refractivity contribution in [2.45, 2.75) is 58.2 Å². The Balaban J connectivity index is 1.89. The fourth-order valence-corrected chi connectivity index (χ4v) is 5.20. The molecule has 0 saturated heterocycles. The van der Waals surface area contributed by atoms with Gasteiger partial charge in [0.05, 0.1) is 19.1 Å². The van der Waals surface area contributed by atoms with Gasteiger partial charge in [-0.1, -0.05) is 48.7 Å². The Labute approximate surface area is 208 Å². The van der Waals surface area contributed by atoms with Gasteiger partial charge < -0.3 is 15.0 Å². The summed E-state index contributed by atoms with van der Waals surface area (Å²) in [6.45, 7) is 3.41. The number of ether oxygens (including phenoxy) is 1. The summed E-state index contributed by atoms with van der Waals surface area (Å²) >= 11 is 0. The second-order valence-electron chi connectivity index (χ2n) is 9.15. The molecular formula is C26H35N3O5S. The molecule has 1 fully saturated rings. The third-order valence-corrected chi connectivity index (χ3v) is 7.47. The molecule has 1 saturated carbocycles. The highest BCUT2D eigenvalue weighted by Gasteiger charge is 2.31. The smallest absolute Gasteiger partial charge is 0.244 e. The van der Waals surface area contributed by atoms with Gasteiger partial charge in [0.25, 0.3) is 0 Å². The number of hydrogen-bond donors (Lipinski definition) is 1. The van der Waals surface area contributed by atoms with E-state index in [9.17, 15) is 18.0 Å². The highest BCUT2D eigenvalue weighted by molar-refractivity contribution is 7.92. The van der Waals surface area contributed by atoms with Gasteiger partial charge in [-0.05, 0) is 44.4 Å². The molecule has 1 aliphatic rings. The molecule has 190 valence electrons. The molecule has 3 rings (SSSR count). The zero-order chi connectivity index (χ0) is 25.6. The fourth-order valence-electron chi connectivity index (χ4n) is 4.36. The van der Waals surface area contributed by atoms with Crippen LogP contribution in [0.5, 0.6) is 5.75 Å². The van der Waals surface area contributed by atoms with E-state index in [-0.39, 0.29) is 18.5 Å². The quantitative estimate of drug-likeness (QED) is 0.539. The van der Waals surface area contributed by atoms with E-state index in [1.165, 1.54) is 12.0 Å². The number of methoxy groups -OCH3 is 1.